The summed E-state index contributed by atoms with van der Waals surface area (Å²) < 4.78 is 5.98. The van der Waals surface area contributed by atoms with Gasteiger partial charge in [-0.3, -0.25) is 9.89 Å². The summed E-state index contributed by atoms with van der Waals surface area (Å²) in [6.07, 6.45) is 12.4. The van der Waals surface area contributed by atoms with Gasteiger partial charge in [0.15, 0.2) is 0 Å². The van der Waals surface area contributed by atoms with Gasteiger partial charge in [-0.1, -0.05) is 53.0 Å². The normalized spacial score (nSPS) is 25.9. The molecular weight excluding hydrogens is 531 g/mol. The van der Waals surface area contributed by atoms with E-state index in [4.69, 9.17) is 44.5 Å². The van der Waals surface area contributed by atoms with Crippen molar-refractivity contribution in [3.63, 3.8) is 0 Å². The van der Waals surface area contributed by atoms with Crippen LogP contribution in [0.15, 0.2) is 69.2 Å². The Morgan fingerprint density at radius 2 is 1.97 bits per heavy atom. The van der Waals surface area contributed by atoms with Crippen molar-refractivity contribution in [1.29, 1.82) is 0 Å². The van der Waals surface area contributed by atoms with E-state index in [0.29, 0.717) is 36.3 Å². The summed E-state index contributed by atoms with van der Waals surface area (Å²) >= 11 is 18.9. The lowest BCUT2D eigenvalue weighted by Crippen LogP contribution is -2.56. The average Bonchev–Trinajstić information content (AvgIpc) is 3.30. The number of hydrogen-bond acceptors (Lipinski definition) is 4. The Hall–Kier alpha value is -2.25. The number of carbonyl (C=O) groups excluding carboxylic acids is 1. The quantitative estimate of drug-likeness (QED) is 0.472. The van der Waals surface area contributed by atoms with Crippen molar-refractivity contribution in [2.45, 2.75) is 38.3 Å². The molecule has 37 heavy (non-hydrogen) atoms. The van der Waals surface area contributed by atoms with E-state index in [0.717, 1.165) is 53.6 Å². The molecule has 2 aliphatic carbocycles. The molecule has 1 unspecified atom stereocenters. The number of aliphatic imine (C=N–C) groups is 1. The van der Waals surface area contributed by atoms with Crippen molar-refractivity contribution in [2.75, 3.05) is 32.8 Å². The molecule has 0 radical (unpaired) electrons. The molecule has 0 aromatic heterocycles. The molecule has 0 bridgehead atoms. The van der Waals surface area contributed by atoms with Crippen LogP contribution in [0.2, 0.25) is 5.02 Å². The summed E-state index contributed by atoms with van der Waals surface area (Å²) in [6, 6.07) is 5.06. The van der Waals surface area contributed by atoms with Crippen molar-refractivity contribution in [3.05, 3.63) is 74.8 Å². The number of carbonyl (C=O) groups is 1. The van der Waals surface area contributed by atoms with Gasteiger partial charge >= 0.3 is 6.03 Å². The fraction of sp³-hybridized carbons (Fsp3) is 0.429. The number of halogens is 3. The number of amides is 2. The molecule has 2 heterocycles. The lowest BCUT2D eigenvalue weighted by molar-refractivity contribution is 0.159. The molecule has 196 valence electrons. The minimum Gasteiger partial charge on any atom is -0.493 e. The second-order valence-corrected chi connectivity index (χ2v) is 10.9. The molecule has 6 nitrogen and oxygen atoms in total. The zero-order chi connectivity index (χ0) is 25.9. The molecule has 2 amide bonds. The lowest BCUT2D eigenvalue weighted by atomic mass is 9.83. The first-order valence-electron chi connectivity index (χ1n) is 12.8. The Labute approximate surface area is 233 Å². The van der Waals surface area contributed by atoms with E-state index in [2.05, 4.69) is 17.5 Å². The van der Waals surface area contributed by atoms with Crippen LogP contribution in [-0.2, 0) is 0 Å². The second-order valence-electron chi connectivity index (χ2n) is 9.55. The molecule has 4 aliphatic rings. The Kier molecular flexibility index (Phi) is 8.30. The minimum absolute atomic E-state index is 0.0416. The number of hydrogen-bond donors (Lipinski definition) is 1. The lowest BCUT2D eigenvalue weighted by Gasteiger charge is -2.38. The van der Waals surface area contributed by atoms with Crippen LogP contribution in [0.3, 0.4) is 0 Å². The van der Waals surface area contributed by atoms with Crippen LogP contribution < -0.4 is 10.1 Å². The van der Waals surface area contributed by atoms with E-state index in [1.54, 1.807) is 6.07 Å². The van der Waals surface area contributed by atoms with Crippen LogP contribution >= 0.6 is 34.8 Å². The van der Waals surface area contributed by atoms with Gasteiger partial charge in [0.05, 0.1) is 24.3 Å². The zero-order valence-corrected chi connectivity index (χ0v) is 23.1. The van der Waals surface area contributed by atoms with E-state index in [1.165, 1.54) is 0 Å². The van der Waals surface area contributed by atoms with Gasteiger partial charge in [-0.2, -0.15) is 0 Å². The molecule has 1 fully saturated rings. The fourth-order valence-corrected chi connectivity index (χ4v) is 5.87. The molecule has 1 aromatic carbocycles. The maximum atomic E-state index is 14.3. The Morgan fingerprint density at radius 1 is 1.16 bits per heavy atom. The summed E-state index contributed by atoms with van der Waals surface area (Å²) in [5, 5.41) is 5.46. The number of amidine groups is 1. The first-order chi connectivity index (χ1) is 18.0. The first kappa shape index (κ1) is 26.4. The second kappa shape index (κ2) is 11.6. The van der Waals surface area contributed by atoms with Crippen LogP contribution in [0.5, 0.6) is 5.75 Å². The van der Waals surface area contributed by atoms with Gasteiger partial charge in [0.2, 0.25) is 0 Å². The Balaban J connectivity index is 1.64. The Morgan fingerprint density at radius 3 is 2.65 bits per heavy atom. The van der Waals surface area contributed by atoms with Gasteiger partial charge in [0.25, 0.3) is 0 Å². The monoisotopic (exact) mass is 560 g/mol. The van der Waals surface area contributed by atoms with Crippen molar-refractivity contribution in [2.24, 2.45) is 10.9 Å². The number of piperazine rings is 1. The van der Waals surface area contributed by atoms with E-state index in [-0.39, 0.29) is 24.0 Å². The van der Waals surface area contributed by atoms with E-state index in [1.807, 2.05) is 47.1 Å². The highest BCUT2D eigenvalue weighted by molar-refractivity contribution is 6.31. The first-order valence-corrected chi connectivity index (χ1v) is 14.0. The van der Waals surface area contributed by atoms with Crippen LogP contribution in [0.25, 0.3) is 0 Å². The fourth-order valence-electron chi connectivity index (χ4n) is 5.39. The SMILES string of the molecule is CCOc1cc(Cl)ccc1C1=N[C@H](C2C=CC(Cl)=CC2)[C@H](C2=CC=C(Cl)CC2)N1C(=O)N1CCNCC1. The number of rotatable bonds is 5. The van der Waals surface area contributed by atoms with Crippen molar-refractivity contribution in [3.8, 4) is 5.75 Å². The highest BCUT2D eigenvalue weighted by Crippen LogP contribution is 2.40. The summed E-state index contributed by atoms with van der Waals surface area (Å²) in [7, 11) is 0. The zero-order valence-electron chi connectivity index (χ0n) is 20.8. The molecule has 1 N–H and O–H groups in total. The molecule has 2 aliphatic heterocycles. The van der Waals surface area contributed by atoms with E-state index in [9.17, 15) is 4.79 Å². The maximum Gasteiger partial charge on any atom is 0.326 e. The maximum absolute atomic E-state index is 14.3. The third-order valence-electron chi connectivity index (χ3n) is 7.22. The van der Waals surface area contributed by atoms with Gasteiger partial charge in [-0.05, 0) is 62.1 Å². The Bertz CT molecular complexity index is 1200. The van der Waals surface area contributed by atoms with Gasteiger partial charge in [0.1, 0.15) is 11.6 Å². The van der Waals surface area contributed by atoms with Gasteiger partial charge < -0.3 is 15.0 Å². The van der Waals surface area contributed by atoms with E-state index >= 15 is 0 Å². The molecule has 1 saturated heterocycles. The molecule has 0 saturated carbocycles. The van der Waals surface area contributed by atoms with Crippen molar-refractivity contribution >= 4 is 46.7 Å². The van der Waals surface area contributed by atoms with Crippen molar-refractivity contribution in [1.82, 2.24) is 15.1 Å². The molecule has 3 atom stereocenters. The molecule has 9 heteroatoms. The van der Waals surface area contributed by atoms with Gasteiger partial charge in [0, 0.05) is 47.2 Å². The smallest absolute Gasteiger partial charge is 0.326 e. The predicted molar refractivity (Wildman–Crippen MR) is 151 cm³/mol. The minimum atomic E-state index is -0.247. The van der Waals surface area contributed by atoms with Crippen LogP contribution in [0.1, 0.15) is 31.7 Å². The largest absolute Gasteiger partial charge is 0.493 e. The number of nitrogens with zero attached hydrogens (tertiary/aromatic N) is 3. The molecule has 0 spiro atoms. The van der Waals surface area contributed by atoms with E-state index < -0.39 is 0 Å². The third kappa shape index (κ3) is 5.63. The number of urea groups is 1. The predicted octanol–water partition coefficient (Wildman–Crippen LogP) is 6.11. The summed E-state index contributed by atoms with van der Waals surface area (Å²) in [6.45, 7) is 5.23. The summed E-state index contributed by atoms with van der Waals surface area (Å²) in [5.74, 6) is 1.33. The topological polar surface area (TPSA) is 57.2 Å². The molecule has 1 aromatic rings. The standard InChI is InChI=1S/C28H31Cl3N4O2/c1-2-37-24-17-22(31)11-12-23(24)27-33-25(18-3-7-20(29)8-4-18)26(19-5-9-21(30)10-6-19)35(27)28(36)34-15-13-32-14-16-34/h3,5,7-9,11-12,17-18,25-26,32H,2,4,6,10,13-16H2,1H3/t18?,25-,26+/m1/s1. The number of allylic oxidation sites excluding steroid dienone is 6. The number of benzene rings is 1. The number of nitrogens with one attached hydrogen (secondary N) is 1. The average molecular weight is 562 g/mol. The highest BCUT2D eigenvalue weighted by Gasteiger charge is 2.47. The van der Waals surface area contributed by atoms with Gasteiger partial charge in [-0.15, -0.1) is 0 Å². The molecular formula is C28H31Cl3N4O2. The number of ether oxygens (including phenoxy) is 1. The van der Waals surface area contributed by atoms with Gasteiger partial charge in [-0.25, -0.2) is 4.79 Å². The highest BCUT2D eigenvalue weighted by atomic mass is 35.5. The summed E-state index contributed by atoms with van der Waals surface area (Å²) in [4.78, 5) is 23.4. The van der Waals surface area contributed by atoms with Crippen LogP contribution in [0, 0.1) is 5.92 Å². The molecule has 5 rings (SSSR count). The summed E-state index contributed by atoms with van der Waals surface area (Å²) in [5.41, 5.74) is 1.91. The third-order valence-corrected chi connectivity index (χ3v) is 8.05. The van der Waals surface area contributed by atoms with Crippen molar-refractivity contribution < 1.29 is 9.53 Å². The van der Waals surface area contributed by atoms with Crippen LogP contribution in [0.4, 0.5) is 4.79 Å². The van der Waals surface area contributed by atoms with Crippen LogP contribution in [-0.4, -0.2) is 66.5 Å².